The van der Waals surface area contributed by atoms with Crippen LogP contribution in [-0.2, 0) is 4.79 Å². The zero-order chi connectivity index (χ0) is 23.9. The molecule has 34 heavy (non-hydrogen) atoms. The molecule has 1 heterocycles. The van der Waals surface area contributed by atoms with Gasteiger partial charge in [0.2, 0.25) is 0 Å². The Bertz CT molecular complexity index is 1300. The maximum atomic E-state index is 12.4. The zero-order valence-electron chi connectivity index (χ0n) is 18.6. The van der Waals surface area contributed by atoms with E-state index in [9.17, 15) is 4.79 Å². The summed E-state index contributed by atoms with van der Waals surface area (Å²) in [5, 5.41) is 14.0. The lowest BCUT2D eigenvalue weighted by atomic mass is 10.2. The Balaban J connectivity index is 1.52. The largest absolute Gasteiger partial charge is 0.497 e. The van der Waals surface area contributed by atoms with Gasteiger partial charge >= 0.3 is 0 Å². The van der Waals surface area contributed by atoms with Gasteiger partial charge in [0.25, 0.3) is 5.91 Å². The number of hydrogen-bond donors (Lipinski definition) is 1. The third-order valence-electron chi connectivity index (χ3n) is 4.86. The van der Waals surface area contributed by atoms with E-state index < -0.39 is 0 Å². The molecule has 0 atom stereocenters. The van der Waals surface area contributed by atoms with Gasteiger partial charge in [0, 0.05) is 16.3 Å². The van der Waals surface area contributed by atoms with Crippen molar-refractivity contribution in [1.82, 2.24) is 20.2 Å². The normalized spacial score (nSPS) is 11.0. The molecule has 0 aliphatic carbocycles. The summed E-state index contributed by atoms with van der Waals surface area (Å²) in [6.45, 7) is 2.03. The highest BCUT2D eigenvalue weighted by atomic mass is 35.5. The van der Waals surface area contributed by atoms with Crippen molar-refractivity contribution in [1.29, 1.82) is 0 Å². The molecule has 0 radical (unpaired) electrons. The number of benzene rings is 3. The molecular formula is C25H22ClN5O2S. The number of nitrogens with zero attached hydrogens (tertiary/aromatic N) is 4. The Morgan fingerprint density at radius 1 is 1.12 bits per heavy atom. The molecule has 1 amide bonds. The van der Waals surface area contributed by atoms with E-state index in [1.807, 2.05) is 72.2 Å². The Morgan fingerprint density at radius 3 is 2.59 bits per heavy atom. The van der Waals surface area contributed by atoms with E-state index in [2.05, 4.69) is 20.7 Å². The van der Waals surface area contributed by atoms with Gasteiger partial charge < -0.3 is 4.74 Å². The summed E-state index contributed by atoms with van der Waals surface area (Å²) < 4.78 is 7.20. The molecule has 4 rings (SSSR count). The number of hydrogen-bond acceptors (Lipinski definition) is 6. The maximum absolute atomic E-state index is 12.4. The van der Waals surface area contributed by atoms with Gasteiger partial charge in [0.05, 0.1) is 19.1 Å². The summed E-state index contributed by atoms with van der Waals surface area (Å²) in [7, 11) is 1.63. The molecular weight excluding hydrogens is 470 g/mol. The van der Waals surface area contributed by atoms with Crippen LogP contribution in [0, 0.1) is 6.92 Å². The highest BCUT2D eigenvalue weighted by Crippen LogP contribution is 2.29. The average Bonchev–Trinajstić information content (AvgIpc) is 3.27. The molecule has 1 N–H and O–H groups in total. The zero-order valence-corrected chi connectivity index (χ0v) is 20.2. The fourth-order valence-corrected chi connectivity index (χ4v) is 4.09. The summed E-state index contributed by atoms with van der Waals surface area (Å²) in [6.07, 6.45) is 1.55. The third-order valence-corrected chi connectivity index (χ3v) is 6.02. The number of halogens is 1. The Labute approximate surface area is 206 Å². The van der Waals surface area contributed by atoms with E-state index in [0.717, 1.165) is 28.1 Å². The predicted octanol–water partition coefficient (Wildman–Crippen LogP) is 5.15. The first-order valence-corrected chi connectivity index (χ1v) is 11.8. The number of amides is 1. The van der Waals surface area contributed by atoms with Crippen molar-refractivity contribution in [3.63, 3.8) is 0 Å². The molecule has 0 fully saturated rings. The fraction of sp³-hybridized carbons (Fsp3) is 0.120. The lowest BCUT2D eigenvalue weighted by Crippen LogP contribution is -2.20. The second-order valence-electron chi connectivity index (χ2n) is 7.34. The predicted molar refractivity (Wildman–Crippen MR) is 136 cm³/mol. The Morgan fingerprint density at radius 2 is 1.88 bits per heavy atom. The van der Waals surface area contributed by atoms with E-state index in [1.54, 1.807) is 25.5 Å². The van der Waals surface area contributed by atoms with E-state index in [4.69, 9.17) is 16.3 Å². The molecule has 3 aromatic carbocycles. The van der Waals surface area contributed by atoms with Crippen LogP contribution in [0.2, 0.25) is 5.02 Å². The van der Waals surface area contributed by atoms with Crippen LogP contribution in [0.25, 0.3) is 17.1 Å². The van der Waals surface area contributed by atoms with Crippen molar-refractivity contribution in [2.75, 3.05) is 12.9 Å². The van der Waals surface area contributed by atoms with E-state index in [0.29, 0.717) is 16.0 Å². The van der Waals surface area contributed by atoms with Gasteiger partial charge in [0.15, 0.2) is 11.0 Å². The number of hydrazone groups is 1. The topological polar surface area (TPSA) is 81.4 Å². The first-order valence-electron chi connectivity index (χ1n) is 10.4. The average molecular weight is 492 g/mol. The van der Waals surface area contributed by atoms with Crippen molar-refractivity contribution in [2.45, 2.75) is 12.1 Å². The highest BCUT2D eigenvalue weighted by molar-refractivity contribution is 7.99. The minimum absolute atomic E-state index is 0.124. The van der Waals surface area contributed by atoms with E-state index >= 15 is 0 Å². The van der Waals surface area contributed by atoms with Gasteiger partial charge in [-0.3, -0.25) is 9.36 Å². The van der Waals surface area contributed by atoms with Crippen LogP contribution in [0.5, 0.6) is 5.75 Å². The van der Waals surface area contributed by atoms with Crippen LogP contribution in [0.3, 0.4) is 0 Å². The SMILES string of the molecule is COc1ccc(-c2nnc(SCC(=O)N/N=C/c3cccc(Cl)c3)n2-c2ccc(C)cc2)cc1. The maximum Gasteiger partial charge on any atom is 0.250 e. The minimum Gasteiger partial charge on any atom is -0.497 e. The van der Waals surface area contributed by atoms with Crippen molar-refractivity contribution in [3.05, 3.63) is 88.9 Å². The number of rotatable bonds is 8. The van der Waals surface area contributed by atoms with Gasteiger partial charge in [-0.1, -0.05) is 53.2 Å². The first kappa shape index (κ1) is 23.5. The molecule has 7 nitrogen and oxygen atoms in total. The first-order chi connectivity index (χ1) is 16.5. The van der Waals surface area contributed by atoms with Gasteiger partial charge in [-0.25, -0.2) is 5.43 Å². The van der Waals surface area contributed by atoms with Crippen LogP contribution in [-0.4, -0.2) is 39.7 Å². The molecule has 0 saturated heterocycles. The number of ether oxygens (including phenoxy) is 1. The molecule has 1 aromatic heterocycles. The number of nitrogens with one attached hydrogen (secondary N) is 1. The van der Waals surface area contributed by atoms with Gasteiger partial charge in [-0.15, -0.1) is 10.2 Å². The molecule has 0 spiro atoms. The molecule has 0 bridgehead atoms. The second-order valence-corrected chi connectivity index (χ2v) is 8.72. The quantitative estimate of drug-likeness (QED) is 0.209. The van der Waals surface area contributed by atoms with Crippen molar-refractivity contribution in [3.8, 4) is 22.8 Å². The number of thioether (sulfide) groups is 1. The number of methoxy groups -OCH3 is 1. The summed E-state index contributed by atoms with van der Waals surface area (Å²) in [5.74, 6) is 1.30. The molecule has 9 heteroatoms. The number of aryl methyl sites for hydroxylation is 1. The fourth-order valence-electron chi connectivity index (χ4n) is 3.15. The smallest absolute Gasteiger partial charge is 0.250 e. The molecule has 4 aromatic rings. The van der Waals surface area contributed by atoms with Crippen LogP contribution >= 0.6 is 23.4 Å². The van der Waals surface area contributed by atoms with Crippen LogP contribution in [0.4, 0.5) is 0 Å². The molecule has 0 aliphatic heterocycles. The molecule has 172 valence electrons. The minimum atomic E-state index is -0.257. The highest BCUT2D eigenvalue weighted by Gasteiger charge is 2.17. The van der Waals surface area contributed by atoms with Crippen molar-refractivity contribution < 1.29 is 9.53 Å². The lowest BCUT2D eigenvalue weighted by molar-refractivity contribution is -0.118. The van der Waals surface area contributed by atoms with Gasteiger partial charge in [-0.2, -0.15) is 5.10 Å². The third kappa shape index (κ3) is 5.84. The number of aromatic nitrogens is 3. The Hall–Kier alpha value is -3.62. The van der Waals surface area contributed by atoms with Crippen LogP contribution < -0.4 is 10.2 Å². The van der Waals surface area contributed by atoms with E-state index in [1.165, 1.54) is 11.8 Å². The van der Waals surface area contributed by atoms with Gasteiger partial charge in [0.1, 0.15) is 5.75 Å². The summed E-state index contributed by atoms with van der Waals surface area (Å²) in [4.78, 5) is 12.4. The van der Waals surface area contributed by atoms with E-state index in [-0.39, 0.29) is 11.7 Å². The number of carbonyl (C=O) groups excluding carboxylic acids is 1. The molecule has 0 aliphatic rings. The summed E-state index contributed by atoms with van der Waals surface area (Å²) >= 11 is 7.25. The lowest BCUT2D eigenvalue weighted by Gasteiger charge is -2.11. The van der Waals surface area contributed by atoms with Crippen LogP contribution in [0.1, 0.15) is 11.1 Å². The molecule has 0 unspecified atom stereocenters. The van der Waals surface area contributed by atoms with Crippen LogP contribution in [0.15, 0.2) is 83.1 Å². The Kier molecular flexibility index (Phi) is 7.61. The monoisotopic (exact) mass is 491 g/mol. The number of carbonyl (C=O) groups is 1. The van der Waals surface area contributed by atoms with Crippen molar-refractivity contribution in [2.24, 2.45) is 5.10 Å². The van der Waals surface area contributed by atoms with Gasteiger partial charge in [-0.05, 0) is 61.0 Å². The summed E-state index contributed by atoms with van der Waals surface area (Å²) in [6, 6.07) is 22.9. The van der Waals surface area contributed by atoms with Crippen molar-refractivity contribution >= 4 is 35.5 Å². The summed E-state index contributed by atoms with van der Waals surface area (Å²) in [5.41, 5.74) is 6.27. The second kappa shape index (κ2) is 11.0. The molecule has 0 saturated carbocycles. The standard InChI is InChI=1S/C25H22ClN5O2S/c1-17-6-10-21(11-7-17)31-24(19-8-12-22(33-2)13-9-19)29-30-25(31)34-16-23(32)28-27-15-18-4-3-5-20(26)14-18/h3-15H,16H2,1-2H3,(H,28,32)/b27-15+.